The summed E-state index contributed by atoms with van der Waals surface area (Å²) >= 11 is 1.17. The highest BCUT2D eigenvalue weighted by Gasteiger charge is 2.33. The molecule has 10 nitrogen and oxygen atoms in total. The number of nitro benzene ring substituents is 1. The van der Waals surface area contributed by atoms with Crippen LogP contribution < -0.4 is 24.4 Å². The third-order valence-electron chi connectivity index (χ3n) is 6.34. The fraction of sp³-hybridized carbons (Fsp3) is 0.321. The first-order valence-electron chi connectivity index (χ1n) is 12.4. The standard InChI is InChI=1S/C28H29N3O7S/c1-5-6-7-14-38-21-13-10-19(16-22(21)36-3)25-24(27(33)37-4)17(2)29-28-30(25)26(32)23(39-28)15-18-8-11-20(12-9-18)31(34)35/h8-13,15-16,25H,5-7,14H2,1-4H3/b23-15-. The van der Waals surface area contributed by atoms with Gasteiger partial charge in [0.15, 0.2) is 16.3 Å². The van der Waals surface area contributed by atoms with E-state index in [0.717, 1.165) is 19.3 Å². The van der Waals surface area contributed by atoms with Crippen molar-refractivity contribution in [2.45, 2.75) is 39.2 Å². The summed E-state index contributed by atoms with van der Waals surface area (Å²) in [7, 11) is 2.82. The van der Waals surface area contributed by atoms with E-state index in [1.807, 2.05) is 0 Å². The molecule has 0 spiro atoms. The maximum atomic E-state index is 13.7. The van der Waals surface area contributed by atoms with Gasteiger partial charge in [0.1, 0.15) is 0 Å². The number of hydrogen-bond acceptors (Lipinski definition) is 9. The number of thiazole rings is 1. The minimum Gasteiger partial charge on any atom is -0.493 e. The topological polar surface area (TPSA) is 122 Å². The van der Waals surface area contributed by atoms with Gasteiger partial charge in [0.05, 0.1) is 47.6 Å². The predicted molar refractivity (Wildman–Crippen MR) is 147 cm³/mol. The lowest BCUT2D eigenvalue weighted by atomic mass is 9.95. The molecule has 0 radical (unpaired) electrons. The van der Waals surface area contributed by atoms with Gasteiger partial charge in [-0.25, -0.2) is 9.79 Å². The number of allylic oxidation sites excluding steroid dienone is 1. The van der Waals surface area contributed by atoms with Gasteiger partial charge in [0.25, 0.3) is 11.2 Å². The molecule has 204 valence electrons. The van der Waals surface area contributed by atoms with E-state index in [-0.39, 0.29) is 16.8 Å². The van der Waals surface area contributed by atoms with Crippen LogP contribution in [0.3, 0.4) is 0 Å². The number of rotatable bonds is 10. The maximum Gasteiger partial charge on any atom is 0.338 e. The number of nitrogens with zero attached hydrogens (tertiary/aromatic N) is 3. The lowest BCUT2D eigenvalue weighted by Crippen LogP contribution is -2.39. The average molecular weight is 552 g/mol. The van der Waals surface area contributed by atoms with E-state index in [1.54, 1.807) is 43.3 Å². The first-order chi connectivity index (χ1) is 18.8. The molecule has 0 aliphatic carbocycles. The number of hydrogen-bond donors (Lipinski definition) is 0. The van der Waals surface area contributed by atoms with Crippen molar-refractivity contribution >= 4 is 29.1 Å². The van der Waals surface area contributed by atoms with Crippen LogP contribution in [-0.4, -0.2) is 36.3 Å². The van der Waals surface area contributed by atoms with Crippen LogP contribution >= 0.6 is 11.3 Å². The molecular formula is C28H29N3O7S. The molecular weight excluding hydrogens is 522 g/mol. The number of fused-ring (bicyclic) bond motifs is 1. The Morgan fingerprint density at radius 1 is 1.15 bits per heavy atom. The number of aromatic nitrogens is 1. The molecule has 3 aromatic rings. The summed E-state index contributed by atoms with van der Waals surface area (Å²) < 4.78 is 18.4. The molecule has 1 aliphatic heterocycles. The number of methoxy groups -OCH3 is 2. The van der Waals surface area contributed by atoms with Gasteiger partial charge in [0, 0.05) is 12.1 Å². The molecule has 0 saturated carbocycles. The summed E-state index contributed by atoms with van der Waals surface area (Å²) in [6.45, 7) is 4.37. The van der Waals surface area contributed by atoms with Gasteiger partial charge in [-0.1, -0.05) is 37.2 Å². The first kappa shape index (κ1) is 27.8. The van der Waals surface area contributed by atoms with E-state index in [4.69, 9.17) is 14.2 Å². The molecule has 0 fully saturated rings. The highest BCUT2D eigenvalue weighted by atomic mass is 32.1. The summed E-state index contributed by atoms with van der Waals surface area (Å²) in [6, 6.07) is 10.4. The molecule has 0 saturated heterocycles. The highest BCUT2D eigenvalue weighted by molar-refractivity contribution is 7.07. The molecule has 1 atom stereocenters. The van der Waals surface area contributed by atoms with Gasteiger partial charge < -0.3 is 14.2 Å². The number of benzene rings is 2. The minimum atomic E-state index is -0.809. The van der Waals surface area contributed by atoms with Crippen molar-refractivity contribution in [2.75, 3.05) is 20.8 Å². The Kier molecular flexibility index (Phi) is 8.60. The molecule has 0 amide bonds. The Labute approximate surface area is 228 Å². The van der Waals surface area contributed by atoms with Crippen molar-refractivity contribution in [1.29, 1.82) is 0 Å². The number of non-ortho nitro benzene ring substituents is 1. The molecule has 1 aromatic heterocycles. The number of carbonyl (C=O) groups is 1. The van der Waals surface area contributed by atoms with Crippen molar-refractivity contribution in [3.8, 4) is 11.5 Å². The Morgan fingerprint density at radius 3 is 2.54 bits per heavy atom. The summed E-state index contributed by atoms with van der Waals surface area (Å²) in [5.41, 5.74) is 1.54. The van der Waals surface area contributed by atoms with Crippen LogP contribution in [0.4, 0.5) is 5.69 Å². The van der Waals surface area contributed by atoms with E-state index >= 15 is 0 Å². The Morgan fingerprint density at radius 2 is 1.90 bits per heavy atom. The maximum absolute atomic E-state index is 13.7. The number of esters is 1. The van der Waals surface area contributed by atoms with Crippen LogP contribution in [0.1, 0.15) is 50.3 Å². The van der Waals surface area contributed by atoms with Crippen LogP contribution in [0.5, 0.6) is 11.5 Å². The molecule has 4 rings (SSSR count). The van der Waals surface area contributed by atoms with Gasteiger partial charge in [-0.15, -0.1) is 0 Å². The summed E-state index contributed by atoms with van der Waals surface area (Å²) in [5, 5.41) is 11.0. The quantitative estimate of drug-likeness (QED) is 0.162. The van der Waals surface area contributed by atoms with E-state index < -0.39 is 16.9 Å². The SMILES string of the molecule is CCCCCOc1ccc(C2C(C(=O)OC)=C(C)N=c3s/c(=C\c4ccc([N+](=O)[O-])cc4)c(=O)n32)cc1OC. The van der Waals surface area contributed by atoms with E-state index in [2.05, 4.69) is 11.9 Å². The number of ether oxygens (including phenoxy) is 3. The van der Waals surface area contributed by atoms with Crippen LogP contribution in [0.2, 0.25) is 0 Å². The van der Waals surface area contributed by atoms with E-state index in [9.17, 15) is 19.7 Å². The van der Waals surface area contributed by atoms with Crippen molar-refractivity contribution in [2.24, 2.45) is 4.99 Å². The predicted octanol–water partition coefficient (Wildman–Crippen LogP) is 3.89. The first-order valence-corrected chi connectivity index (χ1v) is 13.3. The van der Waals surface area contributed by atoms with Crippen molar-refractivity contribution in [3.63, 3.8) is 0 Å². The lowest BCUT2D eigenvalue weighted by Gasteiger charge is -2.25. The monoisotopic (exact) mass is 551 g/mol. The van der Waals surface area contributed by atoms with E-state index in [0.29, 0.717) is 44.3 Å². The molecule has 39 heavy (non-hydrogen) atoms. The summed E-state index contributed by atoms with van der Waals surface area (Å²) in [5.74, 6) is 0.462. The zero-order valence-electron chi connectivity index (χ0n) is 22.1. The summed E-state index contributed by atoms with van der Waals surface area (Å²) in [4.78, 5) is 42.1. The highest BCUT2D eigenvalue weighted by Crippen LogP contribution is 2.36. The van der Waals surface area contributed by atoms with Gasteiger partial charge in [-0.05, 0) is 54.8 Å². The van der Waals surface area contributed by atoms with Crippen molar-refractivity contribution in [3.05, 3.63) is 94.7 Å². The Balaban J connectivity index is 1.83. The molecule has 2 heterocycles. The van der Waals surface area contributed by atoms with Gasteiger partial charge >= 0.3 is 5.97 Å². The van der Waals surface area contributed by atoms with Crippen LogP contribution in [-0.2, 0) is 9.53 Å². The summed E-state index contributed by atoms with van der Waals surface area (Å²) in [6.07, 6.45) is 4.70. The number of nitro groups is 1. The third kappa shape index (κ3) is 5.78. The molecule has 0 N–H and O–H groups in total. The molecule has 2 aromatic carbocycles. The fourth-order valence-corrected chi connectivity index (χ4v) is 5.41. The second kappa shape index (κ2) is 12.1. The van der Waals surface area contributed by atoms with Gasteiger partial charge in [0.2, 0.25) is 0 Å². The van der Waals surface area contributed by atoms with Crippen molar-refractivity contribution in [1.82, 2.24) is 4.57 Å². The smallest absolute Gasteiger partial charge is 0.338 e. The molecule has 1 aliphatic rings. The van der Waals surface area contributed by atoms with Crippen molar-refractivity contribution < 1.29 is 23.9 Å². The Bertz CT molecular complexity index is 1600. The zero-order valence-corrected chi connectivity index (χ0v) is 22.9. The lowest BCUT2D eigenvalue weighted by molar-refractivity contribution is -0.384. The normalized spacial score (nSPS) is 15.0. The third-order valence-corrected chi connectivity index (χ3v) is 7.32. The molecule has 0 bridgehead atoms. The fourth-order valence-electron chi connectivity index (χ4n) is 4.36. The van der Waals surface area contributed by atoms with Crippen LogP contribution in [0.25, 0.3) is 6.08 Å². The average Bonchev–Trinajstić information content (AvgIpc) is 3.24. The number of unbranched alkanes of at least 4 members (excludes halogenated alkanes) is 2. The van der Waals surface area contributed by atoms with Crippen LogP contribution in [0, 0.1) is 10.1 Å². The number of carbonyl (C=O) groups excluding carboxylic acids is 1. The van der Waals surface area contributed by atoms with Crippen LogP contribution in [0.15, 0.2) is 63.5 Å². The second-order valence-corrected chi connectivity index (χ2v) is 9.90. The Hall–Kier alpha value is -4.25. The minimum absolute atomic E-state index is 0.0429. The van der Waals surface area contributed by atoms with Gasteiger partial charge in [-0.3, -0.25) is 19.5 Å². The molecule has 1 unspecified atom stereocenters. The zero-order chi connectivity index (χ0) is 28.1. The van der Waals surface area contributed by atoms with E-state index in [1.165, 1.54) is 42.3 Å². The molecule has 11 heteroatoms. The second-order valence-electron chi connectivity index (χ2n) is 8.89. The van der Waals surface area contributed by atoms with Gasteiger partial charge in [-0.2, -0.15) is 0 Å². The largest absolute Gasteiger partial charge is 0.493 e.